The van der Waals surface area contributed by atoms with Crippen molar-refractivity contribution in [2.75, 3.05) is 11.9 Å². The molecule has 112 valence electrons. The summed E-state index contributed by atoms with van der Waals surface area (Å²) >= 11 is 0. The summed E-state index contributed by atoms with van der Waals surface area (Å²) in [6.07, 6.45) is 1.59. The van der Waals surface area contributed by atoms with Crippen LogP contribution in [0.1, 0.15) is 17.3 Å². The number of aliphatic carboxylic acids is 1. The molecular formula is C14H17N3O4. The number of rotatable bonds is 6. The number of carboxylic acids is 1. The molecule has 1 rings (SSSR count). The van der Waals surface area contributed by atoms with Gasteiger partial charge in [0, 0.05) is 17.3 Å². The van der Waals surface area contributed by atoms with E-state index in [0.717, 1.165) is 0 Å². The molecule has 7 heteroatoms. The fourth-order valence-corrected chi connectivity index (χ4v) is 1.40. The van der Waals surface area contributed by atoms with Crippen molar-refractivity contribution in [1.82, 2.24) is 10.6 Å². The minimum atomic E-state index is -1.12. The largest absolute Gasteiger partial charge is 0.480 e. The van der Waals surface area contributed by atoms with E-state index in [1.165, 1.54) is 12.1 Å². The number of carbonyl (C=O) groups is 3. The van der Waals surface area contributed by atoms with E-state index in [9.17, 15) is 14.4 Å². The van der Waals surface area contributed by atoms with Crippen LogP contribution in [-0.4, -0.2) is 35.6 Å². The summed E-state index contributed by atoms with van der Waals surface area (Å²) < 4.78 is 0. The zero-order valence-electron chi connectivity index (χ0n) is 11.6. The van der Waals surface area contributed by atoms with Gasteiger partial charge in [-0.2, -0.15) is 0 Å². The summed E-state index contributed by atoms with van der Waals surface area (Å²) in [6.45, 7) is 4.89. The van der Waals surface area contributed by atoms with Crippen LogP contribution in [0.5, 0.6) is 0 Å². The second-order valence-electron chi connectivity index (χ2n) is 4.28. The molecule has 1 aromatic rings. The number of nitrogens with one attached hydrogen (secondary N) is 3. The Bertz CT molecular complexity index is 540. The molecule has 21 heavy (non-hydrogen) atoms. The van der Waals surface area contributed by atoms with Crippen LogP contribution < -0.4 is 16.0 Å². The van der Waals surface area contributed by atoms with Crippen molar-refractivity contribution in [3.63, 3.8) is 0 Å². The van der Waals surface area contributed by atoms with Gasteiger partial charge >= 0.3 is 12.0 Å². The quantitative estimate of drug-likeness (QED) is 0.590. The first-order valence-electron chi connectivity index (χ1n) is 6.22. The number of amides is 3. The third kappa shape index (κ3) is 5.77. The standard InChI is InChI=1S/C14H17N3O4/c1-3-9(2)16-14(21)17-11-6-4-10(5-7-11)13(20)15-8-12(18)19/h3-7,9H,1,8H2,2H3,(H,15,20)(H,18,19)(H2,16,17,21). The van der Waals surface area contributed by atoms with Gasteiger partial charge in [0.1, 0.15) is 6.54 Å². The maximum absolute atomic E-state index is 11.6. The van der Waals surface area contributed by atoms with E-state index in [-0.39, 0.29) is 12.1 Å². The SMILES string of the molecule is C=CC(C)NC(=O)Nc1ccc(C(=O)NCC(=O)O)cc1. The molecule has 4 N–H and O–H groups in total. The number of hydrogen-bond acceptors (Lipinski definition) is 3. The summed E-state index contributed by atoms with van der Waals surface area (Å²) in [5.74, 6) is -1.61. The zero-order chi connectivity index (χ0) is 15.8. The average molecular weight is 291 g/mol. The molecule has 1 atom stereocenters. The molecular weight excluding hydrogens is 274 g/mol. The van der Waals surface area contributed by atoms with Crippen molar-refractivity contribution >= 4 is 23.6 Å². The number of benzene rings is 1. The molecule has 0 aliphatic heterocycles. The molecule has 0 fully saturated rings. The Hall–Kier alpha value is -2.83. The Morgan fingerprint density at radius 3 is 2.43 bits per heavy atom. The monoisotopic (exact) mass is 291 g/mol. The van der Waals surface area contributed by atoms with Gasteiger partial charge in [-0.15, -0.1) is 6.58 Å². The van der Waals surface area contributed by atoms with E-state index in [2.05, 4.69) is 22.5 Å². The Labute approximate surface area is 122 Å². The molecule has 1 unspecified atom stereocenters. The van der Waals surface area contributed by atoms with Crippen LogP contribution in [-0.2, 0) is 4.79 Å². The highest BCUT2D eigenvalue weighted by Crippen LogP contribution is 2.09. The maximum atomic E-state index is 11.6. The average Bonchev–Trinajstić information content (AvgIpc) is 2.45. The van der Waals surface area contributed by atoms with Crippen molar-refractivity contribution in [3.05, 3.63) is 42.5 Å². The highest BCUT2D eigenvalue weighted by atomic mass is 16.4. The first kappa shape index (κ1) is 16.2. The van der Waals surface area contributed by atoms with E-state index >= 15 is 0 Å². The van der Waals surface area contributed by atoms with E-state index in [1.807, 2.05) is 0 Å². The number of carboxylic acid groups (broad SMARTS) is 1. The van der Waals surface area contributed by atoms with Gasteiger partial charge in [-0.25, -0.2) is 4.79 Å². The van der Waals surface area contributed by atoms with Crippen LogP contribution in [0.4, 0.5) is 10.5 Å². The first-order chi connectivity index (χ1) is 9.92. The van der Waals surface area contributed by atoms with Crippen LogP contribution in [0, 0.1) is 0 Å². The maximum Gasteiger partial charge on any atom is 0.322 e. The Balaban J connectivity index is 2.57. The summed E-state index contributed by atoms with van der Waals surface area (Å²) in [6, 6.07) is 5.53. The lowest BCUT2D eigenvalue weighted by Gasteiger charge is -2.11. The minimum Gasteiger partial charge on any atom is -0.480 e. The highest BCUT2D eigenvalue weighted by molar-refractivity contribution is 5.96. The van der Waals surface area contributed by atoms with E-state index in [4.69, 9.17) is 5.11 Å². The number of urea groups is 1. The van der Waals surface area contributed by atoms with Crippen molar-refractivity contribution in [2.45, 2.75) is 13.0 Å². The van der Waals surface area contributed by atoms with Crippen LogP contribution in [0.15, 0.2) is 36.9 Å². The molecule has 0 aromatic heterocycles. The lowest BCUT2D eigenvalue weighted by atomic mass is 10.2. The van der Waals surface area contributed by atoms with Crippen molar-refractivity contribution in [1.29, 1.82) is 0 Å². The smallest absolute Gasteiger partial charge is 0.322 e. The molecule has 7 nitrogen and oxygen atoms in total. The fraction of sp³-hybridized carbons (Fsp3) is 0.214. The second-order valence-corrected chi connectivity index (χ2v) is 4.28. The van der Waals surface area contributed by atoms with E-state index in [1.54, 1.807) is 25.1 Å². The summed E-state index contributed by atoms with van der Waals surface area (Å²) in [4.78, 5) is 33.5. The van der Waals surface area contributed by atoms with Gasteiger partial charge in [0.25, 0.3) is 5.91 Å². The molecule has 0 saturated heterocycles. The molecule has 0 aliphatic carbocycles. The lowest BCUT2D eigenvalue weighted by molar-refractivity contribution is -0.135. The normalized spacial score (nSPS) is 11.1. The molecule has 0 aliphatic rings. The van der Waals surface area contributed by atoms with Crippen molar-refractivity contribution in [3.8, 4) is 0 Å². The van der Waals surface area contributed by atoms with Crippen LogP contribution in [0.3, 0.4) is 0 Å². The molecule has 1 aromatic carbocycles. The van der Waals surface area contributed by atoms with E-state index < -0.39 is 18.4 Å². The lowest BCUT2D eigenvalue weighted by Crippen LogP contribution is -2.34. The van der Waals surface area contributed by atoms with Crippen molar-refractivity contribution in [2.24, 2.45) is 0 Å². The van der Waals surface area contributed by atoms with Gasteiger partial charge in [0.2, 0.25) is 0 Å². The van der Waals surface area contributed by atoms with E-state index in [0.29, 0.717) is 11.3 Å². The Kier molecular flexibility index (Phi) is 5.94. The number of hydrogen-bond donors (Lipinski definition) is 4. The summed E-state index contributed by atoms with van der Waals surface area (Å²) in [5, 5.41) is 15.9. The van der Waals surface area contributed by atoms with Gasteiger partial charge in [-0.05, 0) is 31.2 Å². The van der Waals surface area contributed by atoms with Crippen LogP contribution in [0.2, 0.25) is 0 Å². The third-order valence-corrected chi connectivity index (χ3v) is 2.52. The summed E-state index contributed by atoms with van der Waals surface area (Å²) in [7, 11) is 0. The topological polar surface area (TPSA) is 108 Å². The van der Waals surface area contributed by atoms with Gasteiger partial charge < -0.3 is 21.1 Å². The van der Waals surface area contributed by atoms with Gasteiger partial charge in [-0.1, -0.05) is 6.08 Å². The predicted molar refractivity (Wildman–Crippen MR) is 78.2 cm³/mol. The molecule has 0 bridgehead atoms. The second kappa shape index (κ2) is 7.68. The summed E-state index contributed by atoms with van der Waals surface area (Å²) in [5.41, 5.74) is 0.820. The Morgan fingerprint density at radius 1 is 1.29 bits per heavy atom. The van der Waals surface area contributed by atoms with Crippen LogP contribution >= 0.6 is 0 Å². The highest BCUT2D eigenvalue weighted by Gasteiger charge is 2.08. The first-order valence-corrected chi connectivity index (χ1v) is 6.22. The fourth-order valence-electron chi connectivity index (χ4n) is 1.40. The molecule has 3 amide bonds. The zero-order valence-corrected chi connectivity index (χ0v) is 11.6. The molecule has 0 heterocycles. The number of carbonyl (C=O) groups excluding carboxylic acids is 2. The predicted octanol–water partition coefficient (Wildman–Crippen LogP) is 1.20. The molecule has 0 spiro atoms. The third-order valence-electron chi connectivity index (χ3n) is 2.52. The number of anilines is 1. The van der Waals surface area contributed by atoms with Crippen LogP contribution in [0.25, 0.3) is 0 Å². The van der Waals surface area contributed by atoms with Gasteiger partial charge in [0.05, 0.1) is 0 Å². The van der Waals surface area contributed by atoms with Gasteiger partial charge in [-0.3, -0.25) is 9.59 Å². The molecule has 0 radical (unpaired) electrons. The Morgan fingerprint density at radius 2 is 1.90 bits per heavy atom. The minimum absolute atomic E-state index is 0.161. The van der Waals surface area contributed by atoms with Gasteiger partial charge in [0.15, 0.2) is 0 Å². The van der Waals surface area contributed by atoms with Crippen molar-refractivity contribution < 1.29 is 19.5 Å². The molecule has 0 saturated carbocycles.